The second kappa shape index (κ2) is 6.16. The first-order valence-electron chi connectivity index (χ1n) is 8.42. The van der Waals surface area contributed by atoms with Gasteiger partial charge in [0.25, 0.3) is 0 Å². The van der Waals surface area contributed by atoms with E-state index < -0.39 is 0 Å². The van der Waals surface area contributed by atoms with E-state index in [0.29, 0.717) is 5.92 Å². The molecule has 0 saturated heterocycles. The molecule has 1 N–H and O–H groups in total. The zero-order chi connectivity index (χ0) is 15.6. The van der Waals surface area contributed by atoms with Gasteiger partial charge in [-0.1, -0.05) is 25.1 Å². The van der Waals surface area contributed by atoms with Gasteiger partial charge in [0.2, 0.25) is 0 Å². The summed E-state index contributed by atoms with van der Waals surface area (Å²) < 4.78 is 8.15. The minimum atomic E-state index is 0.633. The number of aromatic nitrogens is 3. The van der Waals surface area contributed by atoms with Crippen LogP contribution in [0.5, 0.6) is 0 Å². The standard InChI is InChI=1S/C18H22N4O/c1-2-17-20-21-18-8-7-13(12-22(17)18)10-19-11-15-9-14-5-3-4-6-16(14)23-15/h3-6,9,13,19H,2,7-8,10-12H2,1H3/t13-/m1/s1. The molecule has 0 radical (unpaired) electrons. The van der Waals surface area contributed by atoms with Crippen molar-refractivity contribution >= 4 is 11.0 Å². The third-order valence-electron chi connectivity index (χ3n) is 4.65. The highest BCUT2D eigenvalue weighted by Crippen LogP contribution is 2.21. The third-order valence-corrected chi connectivity index (χ3v) is 4.65. The van der Waals surface area contributed by atoms with E-state index in [4.69, 9.17) is 4.42 Å². The zero-order valence-corrected chi connectivity index (χ0v) is 13.5. The van der Waals surface area contributed by atoms with Crippen LogP contribution in [-0.4, -0.2) is 21.3 Å². The summed E-state index contributed by atoms with van der Waals surface area (Å²) in [5, 5.41) is 13.3. The molecule has 3 heterocycles. The SMILES string of the molecule is CCc1nnc2n1C[C@@H](CNCc1cc3ccccc3o1)CC2. The van der Waals surface area contributed by atoms with Gasteiger partial charge in [-0.25, -0.2) is 0 Å². The summed E-state index contributed by atoms with van der Waals surface area (Å²) in [6.45, 7) is 4.94. The van der Waals surface area contributed by atoms with Gasteiger partial charge in [-0.3, -0.25) is 0 Å². The summed E-state index contributed by atoms with van der Waals surface area (Å²) in [6, 6.07) is 10.3. The Hall–Kier alpha value is -2.14. The van der Waals surface area contributed by atoms with Gasteiger partial charge >= 0.3 is 0 Å². The molecule has 3 aromatic rings. The molecule has 0 bridgehead atoms. The molecular formula is C18H22N4O. The molecule has 5 heteroatoms. The smallest absolute Gasteiger partial charge is 0.134 e. The molecule has 0 fully saturated rings. The van der Waals surface area contributed by atoms with Crippen molar-refractivity contribution in [2.24, 2.45) is 5.92 Å². The second-order valence-corrected chi connectivity index (χ2v) is 6.28. The number of fused-ring (bicyclic) bond motifs is 2. The van der Waals surface area contributed by atoms with Crippen LogP contribution in [0.4, 0.5) is 0 Å². The lowest BCUT2D eigenvalue weighted by Gasteiger charge is -2.24. The maximum Gasteiger partial charge on any atom is 0.134 e. The van der Waals surface area contributed by atoms with E-state index in [-0.39, 0.29) is 0 Å². The molecule has 0 unspecified atom stereocenters. The van der Waals surface area contributed by atoms with Gasteiger partial charge in [-0.15, -0.1) is 10.2 Å². The van der Waals surface area contributed by atoms with Crippen molar-refractivity contribution in [2.45, 2.75) is 39.3 Å². The van der Waals surface area contributed by atoms with E-state index in [0.717, 1.165) is 55.5 Å². The normalized spacial score (nSPS) is 17.5. The number of hydrogen-bond donors (Lipinski definition) is 1. The van der Waals surface area contributed by atoms with Gasteiger partial charge in [-0.05, 0) is 24.5 Å². The second-order valence-electron chi connectivity index (χ2n) is 6.28. The molecule has 1 aliphatic heterocycles. The van der Waals surface area contributed by atoms with Crippen LogP contribution in [0.2, 0.25) is 0 Å². The Morgan fingerprint density at radius 1 is 1.30 bits per heavy atom. The Balaban J connectivity index is 1.35. The molecule has 0 amide bonds. The summed E-state index contributed by atoms with van der Waals surface area (Å²) in [7, 11) is 0. The van der Waals surface area contributed by atoms with E-state index in [9.17, 15) is 0 Å². The molecular weight excluding hydrogens is 288 g/mol. The Kier molecular flexibility index (Phi) is 3.87. The van der Waals surface area contributed by atoms with Crippen molar-refractivity contribution < 1.29 is 4.42 Å². The summed E-state index contributed by atoms with van der Waals surface area (Å²) in [5.74, 6) is 3.90. The molecule has 1 aromatic carbocycles. The van der Waals surface area contributed by atoms with Crippen LogP contribution in [0.15, 0.2) is 34.7 Å². The van der Waals surface area contributed by atoms with E-state index in [2.05, 4.69) is 39.1 Å². The Labute approximate surface area is 135 Å². The average molecular weight is 310 g/mol. The Morgan fingerprint density at radius 3 is 3.09 bits per heavy atom. The summed E-state index contributed by atoms with van der Waals surface area (Å²) in [4.78, 5) is 0. The monoisotopic (exact) mass is 310 g/mol. The summed E-state index contributed by atoms with van der Waals surface area (Å²) >= 11 is 0. The molecule has 2 aromatic heterocycles. The fourth-order valence-electron chi connectivity index (χ4n) is 3.40. The van der Waals surface area contributed by atoms with Crippen molar-refractivity contribution in [3.8, 4) is 0 Å². The number of rotatable bonds is 5. The van der Waals surface area contributed by atoms with Crippen LogP contribution in [-0.2, 0) is 25.9 Å². The summed E-state index contributed by atoms with van der Waals surface area (Å²) in [5.41, 5.74) is 0.962. The molecule has 120 valence electrons. The maximum atomic E-state index is 5.85. The van der Waals surface area contributed by atoms with Crippen molar-refractivity contribution in [2.75, 3.05) is 6.54 Å². The number of hydrogen-bond acceptors (Lipinski definition) is 4. The number of nitrogens with one attached hydrogen (secondary N) is 1. The lowest BCUT2D eigenvalue weighted by atomic mass is 9.99. The van der Waals surface area contributed by atoms with Crippen LogP contribution in [0.3, 0.4) is 0 Å². The van der Waals surface area contributed by atoms with Crippen molar-refractivity contribution in [1.29, 1.82) is 0 Å². The Bertz CT molecular complexity index is 758. The number of furan rings is 1. The van der Waals surface area contributed by atoms with Crippen molar-refractivity contribution in [3.63, 3.8) is 0 Å². The quantitative estimate of drug-likeness (QED) is 0.787. The molecule has 0 aliphatic carbocycles. The van der Waals surface area contributed by atoms with E-state index in [1.807, 2.05) is 18.2 Å². The highest BCUT2D eigenvalue weighted by atomic mass is 16.3. The number of nitrogens with zero attached hydrogens (tertiary/aromatic N) is 3. The largest absolute Gasteiger partial charge is 0.460 e. The molecule has 5 nitrogen and oxygen atoms in total. The minimum Gasteiger partial charge on any atom is -0.460 e. The van der Waals surface area contributed by atoms with Crippen LogP contribution in [0, 0.1) is 5.92 Å². The predicted molar refractivity (Wildman–Crippen MR) is 89.1 cm³/mol. The highest BCUT2D eigenvalue weighted by molar-refractivity contribution is 5.77. The third kappa shape index (κ3) is 2.88. The molecule has 0 saturated carbocycles. The summed E-state index contributed by atoms with van der Waals surface area (Å²) in [6.07, 6.45) is 3.16. The zero-order valence-electron chi connectivity index (χ0n) is 13.5. The van der Waals surface area contributed by atoms with E-state index in [1.54, 1.807) is 0 Å². The number of aryl methyl sites for hydroxylation is 2. The Morgan fingerprint density at radius 2 is 2.22 bits per heavy atom. The topological polar surface area (TPSA) is 55.9 Å². The van der Waals surface area contributed by atoms with Crippen molar-refractivity contribution in [1.82, 2.24) is 20.1 Å². The first kappa shape index (κ1) is 14.5. The van der Waals surface area contributed by atoms with Crippen molar-refractivity contribution in [3.05, 3.63) is 47.7 Å². The molecule has 23 heavy (non-hydrogen) atoms. The fourth-order valence-corrected chi connectivity index (χ4v) is 3.40. The first-order chi connectivity index (χ1) is 11.3. The van der Waals surface area contributed by atoms with E-state index in [1.165, 1.54) is 11.8 Å². The van der Waals surface area contributed by atoms with Crippen LogP contribution in [0.1, 0.15) is 30.8 Å². The van der Waals surface area contributed by atoms with Gasteiger partial charge < -0.3 is 14.3 Å². The van der Waals surface area contributed by atoms with Gasteiger partial charge in [0.1, 0.15) is 23.0 Å². The van der Waals surface area contributed by atoms with Gasteiger partial charge in [0, 0.05) is 31.3 Å². The lowest BCUT2D eigenvalue weighted by Crippen LogP contribution is -2.30. The van der Waals surface area contributed by atoms with Gasteiger partial charge in [-0.2, -0.15) is 0 Å². The number of para-hydroxylation sites is 1. The van der Waals surface area contributed by atoms with Crippen LogP contribution < -0.4 is 5.32 Å². The van der Waals surface area contributed by atoms with Gasteiger partial charge in [0.15, 0.2) is 0 Å². The molecule has 1 atom stereocenters. The maximum absolute atomic E-state index is 5.85. The first-order valence-corrected chi connectivity index (χ1v) is 8.42. The van der Waals surface area contributed by atoms with Gasteiger partial charge in [0.05, 0.1) is 6.54 Å². The molecule has 4 rings (SSSR count). The minimum absolute atomic E-state index is 0.633. The fraction of sp³-hybridized carbons (Fsp3) is 0.444. The number of benzene rings is 1. The predicted octanol–water partition coefficient (Wildman–Crippen LogP) is 2.94. The van der Waals surface area contributed by atoms with Crippen LogP contribution in [0.25, 0.3) is 11.0 Å². The van der Waals surface area contributed by atoms with E-state index >= 15 is 0 Å². The molecule has 1 aliphatic rings. The highest BCUT2D eigenvalue weighted by Gasteiger charge is 2.21. The average Bonchev–Trinajstić information content (AvgIpc) is 3.17. The van der Waals surface area contributed by atoms with Crippen LogP contribution >= 0.6 is 0 Å². The lowest BCUT2D eigenvalue weighted by molar-refractivity contribution is 0.338. The molecule has 0 spiro atoms.